The molecule has 0 aliphatic rings. The van der Waals surface area contributed by atoms with E-state index in [1.807, 2.05) is 55.5 Å². The summed E-state index contributed by atoms with van der Waals surface area (Å²) >= 11 is 1.40. The van der Waals surface area contributed by atoms with Crippen LogP contribution in [0.1, 0.15) is 22.4 Å². The quantitative estimate of drug-likeness (QED) is 0.572. The Kier molecular flexibility index (Phi) is 4.96. The monoisotopic (exact) mass is 338 g/mol. The highest BCUT2D eigenvalue weighted by Crippen LogP contribution is 2.19. The predicted octanol–water partition coefficient (Wildman–Crippen LogP) is 2.54. The van der Waals surface area contributed by atoms with Crippen LogP contribution < -0.4 is 11.4 Å². The Morgan fingerprint density at radius 2 is 1.79 bits per heavy atom. The Morgan fingerprint density at radius 1 is 1.04 bits per heavy atom. The van der Waals surface area contributed by atoms with Gasteiger partial charge in [0.15, 0.2) is 0 Å². The third-order valence-corrected chi connectivity index (χ3v) is 4.61. The average Bonchev–Trinajstić information content (AvgIpc) is 2.59. The molecule has 2 aromatic carbocycles. The third kappa shape index (κ3) is 3.83. The van der Waals surface area contributed by atoms with E-state index in [1.54, 1.807) is 0 Å². The highest BCUT2D eigenvalue weighted by molar-refractivity contribution is 7.98. The number of nitrogen functional groups attached to an aromatic ring is 1. The maximum absolute atomic E-state index is 12.4. The van der Waals surface area contributed by atoms with Gasteiger partial charge in [-0.2, -0.15) is 4.68 Å². The zero-order valence-electron chi connectivity index (χ0n) is 13.3. The number of aryl methyl sites for hydroxylation is 1. The molecule has 0 aliphatic heterocycles. The van der Waals surface area contributed by atoms with Crippen molar-refractivity contribution in [1.29, 1.82) is 0 Å². The zero-order valence-corrected chi connectivity index (χ0v) is 14.2. The molecule has 5 nitrogen and oxygen atoms in total. The smallest absolute Gasteiger partial charge is 0.294 e. The van der Waals surface area contributed by atoms with Crippen LogP contribution in [0.25, 0.3) is 0 Å². The van der Waals surface area contributed by atoms with Crippen LogP contribution in [0.15, 0.2) is 64.5 Å². The minimum atomic E-state index is -0.305. The maximum Gasteiger partial charge on any atom is 0.294 e. The summed E-state index contributed by atoms with van der Waals surface area (Å²) in [6.07, 6.45) is 0.423. The van der Waals surface area contributed by atoms with E-state index in [0.717, 1.165) is 15.8 Å². The maximum atomic E-state index is 12.4. The van der Waals surface area contributed by atoms with Gasteiger partial charge in [0.2, 0.25) is 5.16 Å². The van der Waals surface area contributed by atoms with Gasteiger partial charge in [-0.3, -0.25) is 4.79 Å². The number of nitrogens with zero attached hydrogens (tertiary/aromatic N) is 3. The number of hydrogen-bond acceptors (Lipinski definition) is 5. The molecule has 0 atom stereocenters. The first kappa shape index (κ1) is 16.3. The Labute approximate surface area is 144 Å². The Bertz CT molecular complexity index is 893. The number of rotatable bonds is 5. The van der Waals surface area contributed by atoms with E-state index in [2.05, 4.69) is 16.3 Å². The standard InChI is InChI=1S/C18H18N4OS/c1-13-6-5-9-15(10-13)12-24-18-21-20-16(17(23)22(18)19)11-14-7-3-2-4-8-14/h2-10H,11-12,19H2,1H3. The Balaban J connectivity index is 1.76. The molecule has 0 amide bonds. The van der Waals surface area contributed by atoms with Crippen molar-refractivity contribution in [1.82, 2.24) is 14.9 Å². The number of hydrogen-bond donors (Lipinski definition) is 1. The van der Waals surface area contributed by atoms with Crippen LogP contribution in [0, 0.1) is 6.92 Å². The van der Waals surface area contributed by atoms with Crippen molar-refractivity contribution in [2.75, 3.05) is 5.84 Å². The summed E-state index contributed by atoms with van der Waals surface area (Å²) in [5.74, 6) is 6.60. The van der Waals surface area contributed by atoms with Crippen molar-refractivity contribution in [2.45, 2.75) is 24.3 Å². The summed E-state index contributed by atoms with van der Waals surface area (Å²) in [6.45, 7) is 2.05. The zero-order chi connectivity index (χ0) is 16.9. The van der Waals surface area contributed by atoms with Gasteiger partial charge in [-0.25, -0.2) is 0 Å². The summed E-state index contributed by atoms with van der Waals surface area (Å²) in [5.41, 5.74) is 3.40. The molecule has 6 heteroatoms. The van der Waals surface area contributed by atoms with E-state index >= 15 is 0 Å². The molecular weight excluding hydrogens is 320 g/mol. The Morgan fingerprint density at radius 3 is 2.54 bits per heavy atom. The molecule has 0 aliphatic carbocycles. The number of benzene rings is 2. The number of aromatic nitrogens is 3. The highest BCUT2D eigenvalue weighted by Gasteiger charge is 2.11. The SMILES string of the molecule is Cc1cccc(CSc2nnc(Cc3ccccc3)c(=O)n2N)c1. The topological polar surface area (TPSA) is 73.8 Å². The number of nitrogens with two attached hydrogens (primary N) is 1. The van der Waals surface area contributed by atoms with E-state index in [1.165, 1.54) is 17.3 Å². The van der Waals surface area contributed by atoms with Crippen molar-refractivity contribution in [3.63, 3.8) is 0 Å². The van der Waals surface area contributed by atoms with Crippen molar-refractivity contribution < 1.29 is 0 Å². The minimum absolute atomic E-state index is 0.305. The molecule has 0 saturated heterocycles. The molecular formula is C18H18N4OS. The normalized spacial score (nSPS) is 10.7. The third-order valence-electron chi connectivity index (χ3n) is 3.59. The molecule has 0 unspecified atom stereocenters. The molecule has 0 bridgehead atoms. The molecule has 0 spiro atoms. The van der Waals surface area contributed by atoms with Gasteiger partial charge in [0.1, 0.15) is 5.69 Å². The van der Waals surface area contributed by atoms with Crippen LogP contribution in [0.2, 0.25) is 0 Å². The molecule has 3 rings (SSSR count). The first-order valence-electron chi connectivity index (χ1n) is 7.59. The Hall–Kier alpha value is -2.60. The van der Waals surface area contributed by atoms with Gasteiger partial charge in [-0.1, -0.05) is 71.9 Å². The van der Waals surface area contributed by atoms with Crippen LogP contribution in [-0.2, 0) is 12.2 Å². The molecule has 1 aromatic heterocycles. The van der Waals surface area contributed by atoms with Crippen LogP contribution in [-0.4, -0.2) is 14.9 Å². The summed E-state index contributed by atoms with van der Waals surface area (Å²) in [4.78, 5) is 12.4. The second-order valence-electron chi connectivity index (χ2n) is 5.54. The van der Waals surface area contributed by atoms with Gasteiger partial charge in [0, 0.05) is 12.2 Å². The van der Waals surface area contributed by atoms with Gasteiger partial charge < -0.3 is 5.84 Å². The molecule has 0 fully saturated rings. The molecule has 1 heterocycles. The van der Waals surface area contributed by atoms with Crippen molar-refractivity contribution in [3.05, 3.63) is 87.3 Å². The first-order chi connectivity index (χ1) is 11.6. The van der Waals surface area contributed by atoms with Gasteiger partial charge in [0.25, 0.3) is 5.56 Å². The molecule has 3 aromatic rings. The van der Waals surface area contributed by atoms with E-state index in [0.29, 0.717) is 23.0 Å². The average molecular weight is 338 g/mol. The summed E-state index contributed by atoms with van der Waals surface area (Å²) in [5, 5.41) is 8.62. The van der Waals surface area contributed by atoms with Gasteiger partial charge in [-0.15, -0.1) is 10.2 Å². The lowest BCUT2D eigenvalue weighted by Crippen LogP contribution is -2.33. The fourth-order valence-corrected chi connectivity index (χ4v) is 3.16. The molecule has 122 valence electrons. The molecule has 24 heavy (non-hydrogen) atoms. The van der Waals surface area contributed by atoms with Crippen LogP contribution in [0.4, 0.5) is 0 Å². The summed E-state index contributed by atoms with van der Waals surface area (Å²) in [7, 11) is 0. The van der Waals surface area contributed by atoms with Crippen molar-refractivity contribution >= 4 is 11.8 Å². The lowest BCUT2D eigenvalue weighted by atomic mass is 10.1. The lowest BCUT2D eigenvalue weighted by molar-refractivity contribution is 0.672. The van der Waals surface area contributed by atoms with E-state index in [9.17, 15) is 4.79 Å². The van der Waals surface area contributed by atoms with Crippen molar-refractivity contribution in [3.8, 4) is 0 Å². The fraction of sp³-hybridized carbons (Fsp3) is 0.167. The second kappa shape index (κ2) is 7.31. The second-order valence-corrected chi connectivity index (χ2v) is 6.49. The highest BCUT2D eigenvalue weighted by atomic mass is 32.2. The van der Waals surface area contributed by atoms with Crippen molar-refractivity contribution in [2.24, 2.45) is 0 Å². The van der Waals surface area contributed by atoms with Crippen LogP contribution in [0.3, 0.4) is 0 Å². The molecule has 2 N–H and O–H groups in total. The van der Waals surface area contributed by atoms with E-state index in [4.69, 9.17) is 5.84 Å². The predicted molar refractivity (Wildman–Crippen MR) is 96.4 cm³/mol. The minimum Gasteiger partial charge on any atom is -0.334 e. The van der Waals surface area contributed by atoms with Crippen LogP contribution >= 0.6 is 11.8 Å². The number of thioether (sulfide) groups is 1. The van der Waals surface area contributed by atoms with E-state index < -0.39 is 0 Å². The molecule has 0 saturated carbocycles. The lowest BCUT2D eigenvalue weighted by Gasteiger charge is -2.08. The van der Waals surface area contributed by atoms with Gasteiger partial charge in [0.05, 0.1) is 0 Å². The van der Waals surface area contributed by atoms with Gasteiger partial charge in [-0.05, 0) is 18.1 Å². The fourth-order valence-electron chi connectivity index (χ4n) is 2.37. The first-order valence-corrected chi connectivity index (χ1v) is 8.58. The summed E-state index contributed by atoms with van der Waals surface area (Å²) < 4.78 is 1.09. The molecule has 0 radical (unpaired) electrons. The van der Waals surface area contributed by atoms with Crippen LogP contribution in [0.5, 0.6) is 0 Å². The summed E-state index contributed by atoms with van der Waals surface area (Å²) in [6, 6.07) is 17.9. The van der Waals surface area contributed by atoms with Gasteiger partial charge >= 0.3 is 0 Å². The van der Waals surface area contributed by atoms with E-state index in [-0.39, 0.29) is 5.56 Å². The largest absolute Gasteiger partial charge is 0.334 e.